The predicted octanol–water partition coefficient (Wildman–Crippen LogP) is 3.37. The number of aromatic nitrogens is 3. The van der Waals surface area contributed by atoms with Crippen molar-refractivity contribution in [1.82, 2.24) is 20.4 Å². The van der Waals surface area contributed by atoms with Gasteiger partial charge in [0.1, 0.15) is 11.6 Å². The Bertz CT molecular complexity index is 1000. The fourth-order valence-corrected chi connectivity index (χ4v) is 3.65. The fraction of sp³-hybridized carbons (Fsp3) is 0.364. The third-order valence-corrected chi connectivity index (χ3v) is 5.27. The molecule has 3 heterocycles. The molecule has 8 heteroatoms. The van der Waals surface area contributed by atoms with Crippen LogP contribution in [0.4, 0.5) is 10.2 Å². The molecule has 1 aromatic carbocycles. The molecule has 0 radical (unpaired) electrons. The quantitative estimate of drug-likeness (QED) is 0.672. The van der Waals surface area contributed by atoms with E-state index in [1.54, 1.807) is 18.3 Å². The van der Waals surface area contributed by atoms with E-state index in [0.717, 1.165) is 36.3 Å². The van der Waals surface area contributed by atoms with Gasteiger partial charge in [-0.15, -0.1) is 0 Å². The second-order valence-corrected chi connectivity index (χ2v) is 7.37. The molecule has 0 unspecified atom stereocenters. The van der Waals surface area contributed by atoms with Crippen LogP contribution in [0.5, 0.6) is 0 Å². The fourth-order valence-electron chi connectivity index (χ4n) is 3.65. The first-order valence-corrected chi connectivity index (χ1v) is 10.2. The monoisotopic (exact) mass is 409 g/mol. The number of amides is 1. The molecule has 0 bridgehead atoms. The number of carbonyl (C=O) groups excluding carboxylic acids is 1. The Kier molecular flexibility index (Phi) is 6.02. The van der Waals surface area contributed by atoms with Gasteiger partial charge in [0, 0.05) is 32.3 Å². The Hall–Kier alpha value is -3.29. The van der Waals surface area contributed by atoms with E-state index in [1.165, 1.54) is 12.1 Å². The first-order chi connectivity index (χ1) is 14.6. The van der Waals surface area contributed by atoms with Gasteiger partial charge in [-0.05, 0) is 42.7 Å². The average Bonchev–Trinajstić information content (AvgIpc) is 3.28. The first-order valence-electron chi connectivity index (χ1n) is 10.2. The summed E-state index contributed by atoms with van der Waals surface area (Å²) in [7, 11) is 0. The van der Waals surface area contributed by atoms with Crippen LogP contribution in [-0.4, -0.2) is 34.1 Å². The molecule has 0 spiro atoms. The summed E-state index contributed by atoms with van der Waals surface area (Å²) in [5.41, 5.74) is 1.67. The summed E-state index contributed by atoms with van der Waals surface area (Å²) in [5, 5.41) is 7.05. The SMILES string of the molecule is CCc1nc(-c2cccnc2N2CCC[C@H](C(=O)NCc3ccc(F)cc3)C2)no1. The van der Waals surface area contributed by atoms with Crippen molar-refractivity contribution in [3.63, 3.8) is 0 Å². The number of hydrogen-bond acceptors (Lipinski definition) is 6. The number of piperidine rings is 1. The van der Waals surface area contributed by atoms with E-state index in [9.17, 15) is 9.18 Å². The maximum atomic E-state index is 13.0. The van der Waals surface area contributed by atoms with Gasteiger partial charge in [0.2, 0.25) is 17.6 Å². The summed E-state index contributed by atoms with van der Waals surface area (Å²) in [6, 6.07) is 9.92. The second-order valence-electron chi connectivity index (χ2n) is 7.37. The number of rotatable bonds is 6. The Morgan fingerprint density at radius 2 is 2.13 bits per heavy atom. The normalized spacial score (nSPS) is 16.5. The minimum atomic E-state index is -0.285. The molecule has 7 nitrogen and oxygen atoms in total. The summed E-state index contributed by atoms with van der Waals surface area (Å²) in [6.45, 7) is 3.72. The third kappa shape index (κ3) is 4.48. The Morgan fingerprint density at radius 1 is 1.30 bits per heavy atom. The van der Waals surface area contributed by atoms with Gasteiger partial charge < -0.3 is 14.7 Å². The number of benzene rings is 1. The standard InChI is InChI=1S/C22H24FN5O2/c1-2-19-26-20(27-30-19)18-6-3-11-24-21(18)28-12-4-5-16(14-28)22(29)25-13-15-7-9-17(23)10-8-15/h3,6-11,16H,2,4-5,12-14H2,1H3,(H,25,29)/t16-/m0/s1. The number of nitrogens with one attached hydrogen (secondary N) is 1. The van der Waals surface area contributed by atoms with Gasteiger partial charge >= 0.3 is 0 Å². The van der Waals surface area contributed by atoms with Crippen LogP contribution in [-0.2, 0) is 17.8 Å². The summed E-state index contributed by atoms with van der Waals surface area (Å²) in [6.07, 6.45) is 4.10. The molecule has 1 N–H and O–H groups in total. The van der Waals surface area contributed by atoms with Crippen LogP contribution in [0.2, 0.25) is 0 Å². The van der Waals surface area contributed by atoms with Crippen LogP contribution in [0.1, 0.15) is 31.2 Å². The summed E-state index contributed by atoms with van der Waals surface area (Å²) < 4.78 is 18.3. The smallest absolute Gasteiger partial charge is 0.226 e. The zero-order valence-corrected chi connectivity index (χ0v) is 16.8. The van der Waals surface area contributed by atoms with Crippen molar-refractivity contribution in [2.75, 3.05) is 18.0 Å². The maximum Gasteiger partial charge on any atom is 0.226 e. The van der Waals surface area contributed by atoms with Gasteiger partial charge in [0.15, 0.2) is 0 Å². The van der Waals surface area contributed by atoms with E-state index in [-0.39, 0.29) is 17.6 Å². The number of nitrogens with zero attached hydrogens (tertiary/aromatic N) is 4. The highest BCUT2D eigenvalue weighted by Gasteiger charge is 2.28. The van der Waals surface area contributed by atoms with E-state index < -0.39 is 0 Å². The van der Waals surface area contributed by atoms with Crippen molar-refractivity contribution in [1.29, 1.82) is 0 Å². The molecule has 3 aromatic rings. The van der Waals surface area contributed by atoms with Crippen molar-refractivity contribution < 1.29 is 13.7 Å². The Labute approximate surface area is 174 Å². The van der Waals surface area contributed by atoms with Crippen LogP contribution in [0, 0.1) is 11.7 Å². The molecule has 0 saturated carbocycles. The molecule has 1 fully saturated rings. The highest BCUT2D eigenvalue weighted by Crippen LogP contribution is 2.30. The number of hydrogen-bond donors (Lipinski definition) is 1. The maximum absolute atomic E-state index is 13.0. The van der Waals surface area contributed by atoms with Crippen LogP contribution in [0.3, 0.4) is 0 Å². The molecule has 1 amide bonds. The molecule has 156 valence electrons. The van der Waals surface area contributed by atoms with E-state index in [0.29, 0.717) is 31.2 Å². The van der Waals surface area contributed by atoms with Crippen molar-refractivity contribution in [3.05, 3.63) is 59.9 Å². The Balaban J connectivity index is 1.45. The molecule has 0 aliphatic carbocycles. The largest absolute Gasteiger partial charge is 0.355 e. The van der Waals surface area contributed by atoms with Gasteiger partial charge in [0.05, 0.1) is 11.5 Å². The molecule has 1 atom stereocenters. The highest BCUT2D eigenvalue weighted by molar-refractivity contribution is 5.80. The zero-order chi connectivity index (χ0) is 20.9. The van der Waals surface area contributed by atoms with Gasteiger partial charge in [-0.3, -0.25) is 4.79 Å². The second kappa shape index (κ2) is 9.02. The molecule has 1 saturated heterocycles. The molecule has 2 aromatic heterocycles. The zero-order valence-electron chi connectivity index (χ0n) is 16.8. The lowest BCUT2D eigenvalue weighted by molar-refractivity contribution is -0.125. The molecule has 4 rings (SSSR count). The number of pyridine rings is 1. The van der Waals surface area contributed by atoms with Crippen molar-refractivity contribution in [2.45, 2.75) is 32.7 Å². The van der Waals surface area contributed by atoms with E-state index in [4.69, 9.17) is 4.52 Å². The summed E-state index contributed by atoms with van der Waals surface area (Å²) in [4.78, 5) is 23.8. The number of carbonyl (C=O) groups is 1. The lowest BCUT2D eigenvalue weighted by atomic mass is 9.96. The van der Waals surface area contributed by atoms with Gasteiger partial charge in [-0.25, -0.2) is 9.37 Å². The van der Waals surface area contributed by atoms with Gasteiger partial charge in [0.25, 0.3) is 0 Å². The average molecular weight is 409 g/mol. The summed E-state index contributed by atoms with van der Waals surface area (Å²) >= 11 is 0. The van der Waals surface area contributed by atoms with Crippen molar-refractivity contribution >= 4 is 11.7 Å². The van der Waals surface area contributed by atoms with E-state index in [2.05, 4.69) is 25.3 Å². The van der Waals surface area contributed by atoms with Crippen molar-refractivity contribution in [2.24, 2.45) is 5.92 Å². The van der Waals surface area contributed by atoms with E-state index >= 15 is 0 Å². The number of aryl methyl sites for hydroxylation is 1. The lowest BCUT2D eigenvalue weighted by Crippen LogP contribution is -2.43. The van der Waals surface area contributed by atoms with Crippen molar-refractivity contribution in [3.8, 4) is 11.4 Å². The number of halogens is 1. The van der Waals surface area contributed by atoms with Crippen LogP contribution in [0.15, 0.2) is 47.1 Å². The third-order valence-electron chi connectivity index (χ3n) is 5.27. The van der Waals surface area contributed by atoms with Crippen LogP contribution in [0.25, 0.3) is 11.4 Å². The molecule has 1 aliphatic rings. The molecule has 30 heavy (non-hydrogen) atoms. The van der Waals surface area contributed by atoms with E-state index in [1.807, 2.05) is 19.1 Å². The molecular weight excluding hydrogens is 385 g/mol. The first kappa shape index (κ1) is 20.0. The minimum Gasteiger partial charge on any atom is -0.355 e. The van der Waals surface area contributed by atoms with Gasteiger partial charge in [-0.1, -0.05) is 24.2 Å². The summed E-state index contributed by atoms with van der Waals surface area (Å²) in [5.74, 6) is 1.41. The minimum absolute atomic E-state index is 0.00524. The Morgan fingerprint density at radius 3 is 2.90 bits per heavy atom. The number of anilines is 1. The molecular formula is C22H24FN5O2. The highest BCUT2D eigenvalue weighted by atomic mass is 19.1. The molecule has 1 aliphatic heterocycles. The van der Waals surface area contributed by atoms with Crippen LogP contribution < -0.4 is 10.2 Å². The topological polar surface area (TPSA) is 84.2 Å². The van der Waals surface area contributed by atoms with Crippen LogP contribution >= 0.6 is 0 Å². The van der Waals surface area contributed by atoms with Gasteiger partial charge in [-0.2, -0.15) is 4.98 Å². The lowest BCUT2D eigenvalue weighted by Gasteiger charge is -2.33. The predicted molar refractivity (Wildman–Crippen MR) is 110 cm³/mol.